The first-order chi connectivity index (χ1) is 17.5. The maximum Gasteiger partial charge on any atom is 0.318 e. The number of fused-ring (bicyclic) bond motifs is 2. The summed E-state index contributed by atoms with van der Waals surface area (Å²) in [6.07, 6.45) is 0.0312. The number of nitrogen functional groups attached to an aromatic ring is 1. The van der Waals surface area contributed by atoms with Crippen LogP contribution >= 0.6 is 22.9 Å². The van der Waals surface area contributed by atoms with Gasteiger partial charge in [-0.2, -0.15) is 9.97 Å². The van der Waals surface area contributed by atoms with Crippen LogP contribution in [0.4, 0.5) is 28.5 Å². The summed E-state index contributed by atoms with van der Waals surface area (Å²) < 4.78 is 59.4. The third-order valence-electron chi connectivity index (χ3n) is 5.62. The van der Waals surface area contributed by atoms with Gasteiger partial charge in [0.25, 0.3) is 5.92 Å². The third kappa shape index (κ3) is 5.64. The van der Waals surface area contributed by atoms with Gasteiger partial charge < -0.3 is 26.4 Å². The van der Waals surface area contributed by atoms with E-state index >= 15 is 4.39 Å². The highest BCUT2D eigenvalue weighted by molar-refractivity contribution is 7.22. The number of rotatable bonds is 5. The molecule has 4 aromatic rings. The van der Waals surface area contributed by atoms with Crippen molar-refractivity contribution in [2.45, 2.75) is 12.3 Å². The monoisotopic (exact) mass is 557 g/mol. The van der Waals surface area contributed by atoms with E-state index in [0.717, 1.165) is 11.3 Å². The molecule has 0 bridgehead atoms. The molecule has 14 heteroatoms. The molecule has 198 valence electrons. The van der Waals surface area contributed by atoms with Crippen LogP contribution in [0, 0.1) is 11.6 Å². The highest BCUT2D eigenvalue weighted by atomic mass is 35.5. The van der Waals surface area contributed by atoms with Crippen LogP contribution in [0.1, 0.15) is 6.42 Å². The average Bonchev–Trinajstić information content (AvgIpc) is 3.40. The molecule has 1 saturated heterocycles. The minimum Gasteiger partial charge on any atom is -0.467 e. The SMILES string of the molecule is CN1CCC(F)(F)C1.COc1nc(NCCN)c2cc(Cl)c(-c3ccc(F)c4sc(N)nc34)c(F)c2n1. The van der Waals surface area contributed by atoms with Gasteiger partial charge in [-0.15, -0.1) is 0 Å². The van der Waals surface area contributed by atoms with Crippen molar-refractivity contribution in [3.63, 3.8) is 0 Å². The van der Waals surface area contributed by atoms with Gasteiger partial charge in [-0.3, -0.25) is 0 Å². The summed E-state index contributed by atoms with van der Waals surface area (Å²) in [4.78, 5) is 14.1. The lowest BCUT2D eigenvalue weighted by molar-refractivity contribution is 0.0146. The first-order valence-electron chi connectivity index (χ1n) is 11.1. The molecular weight excluding hydrogens is 534 g/mol. The molecule has 0 aliphatic carbocycles. The first kappa shape index (κ1) is 27.0. The van der Waals surface area contributed by atoms with Gasteiger partial charge in [-0.05, 0) is 25.2 Å². The summed E-state index contributed by atoms with van der Waals surface area (Å²) >= 11 is 7.42. The van der Waals surface area contributed by atoms with Crippen LogP contribution < -0.4 is 21.5 Å². The Kier molecular flexibility index (Phi) is 7.88. The predicted octanol–water partition coefficient (Wildman–Crippen LogP) is 4.76. The lowest BCUT2D eigenvalue weighted by Gasteiger charge is -2.14. The third-order valence-corrected chi connectivity index (χ3v) is 6.81. The molecule has 0 atom stereocenters. The number of thiazole rings is 1. The number of nitrogens with zero attached hydrogens (tertiary/aromatic N) is 4. The molecule has 8 nitrogen and oxygen atoms in total. The molecule has 1 aliphatic rings. The van der Waals surface area contributed by atoms with Gasteiger partial charge in [0.1, 0.15) is 17.2 Å². The second-order valence-electron chi connectivity index (χ2n) is 8.39. The molecule has 2 aromatic heterocycles. The number of halogens is 5. The van der Waals surface area contributed by atoms with Gasteiger partial charge in [-0.25, -0.2) is 22.5 Å². The number of benzene rings is 2. The highest BCUT2D eigenvalue weighted by Gasteiger charge is 2.36. The van der Waals surface area contributed by atoms with Crippen molar-refractivity contribution in [1.29, 1.82) is 0 Å². The maximum absolute atomic E-state index is 15.6. The lowest BCUT2D eigenvalue weighted by atomic mass is 10.0. The Bertz CT molecular complexity index is 1450. The number of likely N-dealkylation sites (tertiary alicyclic amines) is 1. The average molecular weight is 558 g/mol. The predicted molar refractivity (Wildman–Crippen MR) is 139 cm³/mol. The Morgan fingerprint density at radius 2 is 1.97 bits per heavy atom. The van der Waals surface area contributed by atoms with Crippen molar-refractivity contribution in [2.24, 2.45) is 5.73 Å². The fourth-order valence-electron chi connectivity index (χ4n) is 3.94. The van der Waals surface area contributed by atoms with Crippen molar-refractivity contribution in [3.05, 3.63) is 34.9 Å². The highest BCUT2D eigenvalue weighted by Crippen LogP contribution is 2.42. The van der Waals surface area contributed by atoms with Gasteiger partial charge in [0, 0.05) is 42.6 Å². The van der Waals surface area contributed by atoms with E-state index in [2.05, 4.69) is 20.3 Å². The van der Waals surface area contributed by atoms with Gasteiger partial charge in [0.15, 0.2) is 10.9 Å². The number of methoxy groups -OCH3 is 1. The summed E-state index contributed by atoms with van der Waals surface area (Å²) in [7, 11) is 3.09. The van der Waals surface area contributed by atoms with E-state index < -0.39 is 17.6 Å². The van der Waals surface area contributed by atoms with Crippen molar-refractivity contribution in [3.8, 4) is 17.1 Å². The molecule has 5 rings (SSSR count). The maximum atomic E-state index is 15.6. The van der Waals surface area contributed by atoms with E-state index in [1.165, 1.54) is 19.2 Å². The zero-order valence-corrected chi connectivity index (χ0v) is 21.5. The Morgan fingerprint density at radius 1 is 1.22 bits per heavy atom. The van der Waals surface area contributed by atoms with E-state index in [-0.39, 0.29) is 50.4 Å². The van der Waals surface area contributed by atoms with Crippen LogP contribution in [-0.4, -0.2) is 66.1 Å². The Balaban J connectivity index is 0.000000342. The van der Waals surface area contributed by atoms with Gasteiger partial charge in [-0.1, -0.05) is 22.9 Å². The van der Waals surface area contributed by atoms with E-state index in [1.807, 2.05) is 0 Å². The number of aromatic nitrogens is 3. The van der Waals surface area contributed by atoms with E-state index in [9.17, 15) is 13.2 Å². The molecule has 0 saturated carbocycles. The van der Waals surface area contributed by atoms with Crippen LogP contribution in [0.25, 0.3) is 32.2 Å². The molecule has 3 heterocycles. The molecular formula is C23H24ClF4N7OS. The largest absolute Gasteiger partial charge is 0.467 e. The Hall–Kier alpha value is -3.00. The summed E-state index contributed by atoms with van der Waals surface area (Å²) in [6.45, 7) is 1.23. The fourth-order valence-corrected chi connectivity index (χ4v) is 5.00. The van der Waals surface area contributed by atoms with Crippen molar-refractivity contribution < 1.29 is 22.3 Å². The molecule has 0 spiro atoms. The summed E-state index contributed by atoms with van der Waals surface area (Å²) in [6, 6.07) is 4.16. The minimum atomic E-state index is -2.41. The molecule has 0 amide bonds. The van der Waals surface area contributed by atoms with Crippen LogP contribution in [0.3, 0.4) is 0 Å². The number of hydrogen-bond donors (Lipinski definition) is 3. The number of nitrogens with two attached hydrogens (primary N) is 2. The minimum absolute atomic E-state index is 0.00329. The first-order valence-corrected chi connectivity index (χ1v) is 12.3. The molecule has 2 aromatic carbocycles. The number of anilines is 2. The molecule has 1 fully saturated rings. The van der Waals surface area contributed by atoms with Crippen LogP contribution in [0.15, 0.2) is 18.2 Å². The van der Waals surface area contributed by atoms with Crippen LogP contribution in [-0.2, 0) is 0 Å². The van der Waals surface area contributed by atoms with Crippen molar-refractivity contribution >= 4 is 55.0 Å². The molecule has 1 aliphatic heterocycles. The number of alkyl halides is 2. The van der Waals surface area contributed by atoms with Crippen molar-refractivity contribution in [1.82, 2.24) is 19.9 Å². The molecule has 5 N–H and O–H groups in total. The summed E-state index contributed by atoms with van der Waals surface area (Å²) in [5, 5.41) is 3.63. The van der Waals surface area contributed by atoms with E-state index in [0.29, 0.717) is 36.4 Å². The summed E-state index contributed by atoms with van der Waals surface area (Å²) in [5.74, 6) is -3.27. The van der Waals surface area contributed by atoms with Gasteiger partial charge in [0.2, 0.25) is 0 Å². The van der Waals surface area contributed by atoms with E-state index in [4.69, 9.17) is 27.8 Å². The van der Waals surface area contributed by atoms with Gasteiger partial charge >= 0.3 is 6.01 Å². The van der Waals surface area contributed by atoms with E-state index in [1.54, 1.807) is 18.0 Å². The molecule has 37 heavy (non-hydrogen) atoms. The quantitative estimate of drug-likeness (QED) is 0.301. The number of nitrogens with one attached hydrogen (secondary N) is 1. The van der Waals surface area contributed by atoms with Crippen LogP contribution in [0.2, 0.25) is 5.02 Å². The Morgan fingerprint density at radius 3 is 2.57 bits per heavy atom. The zero-order chi connectivity index (χ0) is 26.9. The molecule has 0 unspecified atom stereocenters. The molecule has 0 radical (unpaired) electrons. The summed E-state index contributed by atoms with van der Waals surface area (Å²) in [5.41, 5.74) is 11.9. The smallest absolute Gasteiger partial charge is 0.318 e. The zero-order valence-electron chi connectivity index (χ0n) is 19.9. The Labute approximate surface area is 218 Å². The number of ether oxygens (including phenoxy) is 1. The fraction of sp³-hybridized carbons (Fsp3) is 0.348. The second kappa shape index (κ2) is 10.8. The normalized spacial score (nSPS) is 15.1. The van der Waals surface area contributed by atoms with Crippen molar-refractivity contribution in [2.75, 3.05) is 51.4 Å². The lowest BCUT2D eigenvalue weighted by Crippen LogP contribution is -2.21. The second-order valence-corrected chi connectivity index (χ2v) is 9.82. The van der Waals surface area contributed by atoms with Crippen LogP contribution in [0.5, 0.6) is 6.01 Å². The topological polar surface area (TPSA) is 115 Å². The van der Waals surface area contributed by atoms with Gasteiger partial charge in [0.05, 0.1) is 28.9 Å². The standard InChI is InChI=1S/C18H15ClF2N6OS.C5H9F2N/c1-28-18-26-13-8(16(27-18)24-5-4-22)6-9(19)11(12(13)21)7-2-3-10(20)15-14(7)25-17(23)29-15;1-8-3-2-5(6,7)4-8/h2-3,6H,4-5,22H2,1H3,(H2,23,25)(H,24,26,27);2-4H2,1H3. The number of hydrogen-bond acceptors (Lipinski definition) is 9.